The Morgan fingerprint density at radius 1 is 0.917 bits per heavy atom. The molecule has 0 aromatic carbocycles. The maximum absolute atomic E-state index is 4.66. The molecule has 1 aromatic heterocycles. The van der Waals surface area contributed by atoms with Crippen LogP contribution >= 0.6 is 0 Å². The smallest absolute Gasteiger partial charge is 0.0696 e. The zero-order valence-electron chi connectivity index (χ0n) is 7.56. The van der Waals surface area contributed by atoms with Gasteiger partial charge in [-0.1, -0.05) is 6.07 Å². The molecule has 3 heteroatoms. The van der Waals surface area contributed by atoms with Crippen molar-refractivity contribution < 1.29 is 9.47 Å². The van der Waals surface area contributed by atoms with Crippen molar-refractivity contribution in [1.82, 2.24) is 4.98 Å². The Bertz CT molecular complexity index is 125. The van der Waals surface area contributed by atoms with Gasteiger partial charge in [0.25, 0.3) is 0 Å². The third-order valence-electron chi connectivity index (χ3n) is 1.06. The lowest BCUT2D eigenvalue weighted by Crippen LogP contribution is -1.96. The first-order valence-corrected chi connectivity index (χ1v) is 3.74. The Morgan fingerprint density at radius 3 is 1.58 bits per heavy atom. The third kappa shape index (κ3) is 9.07. The Hall–Kier alpha value is -0.930. The van der Waals surface area contributed by atoms with Crippen LogP contribution in [-0.2, 0) is 9.47 Å². The van der Waals surface area contributed by atoms with Crippen LogP contribution < -0.4 is 0 Å². The molecule has 0 amide bonds. The highest BCUT2D eigenvalue weighted by Gasteiger charge is 1.73. The maximum Gasteiger partial charge on any atom is 0.0696 e. The molecule has 1 rings (SSSR count). The summed E-state index contributed by atoms with van der Waals surface area (Å²) < 4.78 is 9.31. The summed E-state index contributed by atoms with van der Waals surface area (Å²) in [5, 5.41) is 0. The van der Waals surface area contributed by atoms with Gasteiger partial charge in [-0.2, -0.15) is 0 Å². The van der Waals surface area contributed by atoms with Crippen molar-refractivity contribution in [2.45, 2.75) is 0 Å². The summed E-state index contributed by atoms with van der Waals surface area (Å²) in [6, 6.07) is 5.72. The van der Waals surface area contributed by atoms with Gasteiger partial charge in [-0.05, 0) is 12.1 Å². The van der Waals surface area contributed by atoms with Gasteiger partial charge in [0.15, 0.2) is 0 Å². The number of rotatable bonds is 3. The highest BCUT2D eigenvalue weighted by Crippen LogP contribution is 1.73. The van der Waals surface area contributed by atoms with E-state index in [4.69, 9.17) is 0 Å². The minimum atomic E-state index is 0.691. The first kappa shape index (κ1) is 11.1. The highest BCUT2D eigenvalue weighted by molar-refractivity contribution is 4.88. The van der Waals surface area contributed by atoms with Crippen LogP contribution in [0.15, 0.2) is 30.6 Å². The average Bonchev–Trinajstić information content (AvgIpc) is 2.18. The van der Waals surface area contributed by atoms with Crippen LogP contribution in [0.1, 0.15) is 0 Å². The molecule has 1 heterocycles. The lowest BCUT2D eigenvalue weighted by atomic mass is 10.5. The molecule has 0 fully saturated rings. The first-order chi connectivity index (χ1) is 5.91. The van der Waals surface area contributed by atoms with Gasteiger partial charge in [0, 0.05) is 26.6 Å². The minimum absolute atomic E-state index is 0.691. The molecule has 0 N–H and O–H groups in total. The fourth-order valence-electron chi connectivity index (χ4n) is 0.479. The molecular formula is C9H15NO2. The molecule has 12 heavy (non-hydrogen) atoms. The maximum atomic E-state index is 4.66. The molecule has 0 spiro atoms. The van der Waals surface area contributed by atoms with Crippen molar-refractivity contribution >= 4 is 0 Å². The van der Waals surface area contributed by atoms with Crippen LogP contribution in [0, 0.1) is 0 Å². The SMILES string of the molecule is COCCOC.c1ccncc1. The molecule has 68 valence electrons. The van der Waals surface area contributed by atoms with Gasteiger partial charge in [-0.3, -0.25) is 4.98 Å². The van der Waals surface area contributed by atoms with Gasteiger partial charge in [0.2, 0.25) is 0 Å². The normalized spacial score (nSPS) is 8.50. The molecule has 0 atom stereocenters. The van der Waals surface area contributed by atoms with Crippen molar-refractivity contribution in [2.24, 2.45) is 0 Å². The number of ether oxygens (including phenoxy) is 2. The monoisotopic (exact) mass is 169 g/mol. The van der Waals surface area contributed by atoms with E-state index in [0.717, 1.165) is 0 Å². The van der Waals surface area contributed by atoms with Gasteiger partial charge in [0.1, 0.15) is 0 Å². The second-order valence-corrected chi connectivity index (χ2v) is 2.01. The predicted octanol–water partition coefficient (Wildman–Crippen LogP) is 1.36. The molecular weight excluding hydrogens is 154 g/mol. The first-order valence-electron chi connectivity index (χ1n) is 3.74. The van der Waals surface area contributed by atoms with E-state index in [9.17, 15) is 0 Å². The lowest BCUT2D eigenvalue weighted by molar-refractivity contribution is 0.103. The van der Waals surface area contributed by atoms with Crippen molar-refractivity contribution in [2.75, 3.05) is 27.4 Å². The molecule has 0 unspecified atom stereocenters. The molecule has 0 saturated carbocycles. The summed E-state index contributed by atoms with van der Waals surface area (Å²) in [5.41, 5.74) is 0. The molecule has 0 radical (unpaired) electrons. The second kappa shape index (κ2) is 10.1. The molecule has 0 aliphatic carbocycles. The molecule has 0 aliphatic rings. The van der Waals surface area contributed by atoms with E-state index in [1.807, 2.05) is 18.2 Å². The second-order valence-electron chi connectivity index (χ2n) is 2.01. The summed E-state index contributed by atoms with van der Waals surface area (Å²) in [6.07, 6.45) is 3.50. The van der Waals surface area contributed by atoms with E-state index in [2.05, 4.69) is 14.5 Å². The molecule has 0 bridgehead atoms. The standard InChI is InChI=1S/C5H5N.C4H10O2/c1-2-4-6-5-3-1;1-5-3-4-6-2/h1-5H;3-4H2,1-2H3. The number of methoxy groups -OCH3 is 2. The van der Waals surface area contributed by atoms with Gasteiger partial charge >= 0.3 is 0 Å². The summed E-state index contributed by atoms with van der Waals surface area (Å²) >= 11 is 0. The number of hydrogen-bond donors (Lipinski definition) is 0. The van der Waals surface area contributed by atoms with Crippen molar-refractivity contribution in [3.05, 3.63) is 30.6 Å². The summed E-state index contributed by atoms with van der Waals surface area (Å²) in [7, 11) is 3.30. The fraction of sp³-hybridized carbons (Fsp3) is 0.444. The lowest BCUT2D eigenvalue weighted by Gasteiger charge is -1.91. The van der Waals surface area contributed by atoms with Crippen LogP contribution in [0.5, 0.6) is 0 Å². The minimum Gasteiger partial charge on any atom is -0.382 e. The van der Waals surface area contributed by atoms with Crippen molar-refractivity contribution in [1.29, 1.82) is 0 Å². The van der Waals surface area contributed by atoms with Gasteiger partial charge in [-0.15, -0.1) is 0 Å². The van der Waals surface area contributed by atoms with E-state index in [1.54, 1.807) is 26.6 Å². The number of nitrogens with zero attached hydrogens (tertiary/aromatic N) is 1. The van der Waals surface area contributed by atoms with Gasteiger partial charge in [0.05, 0.1) is 13.2 Å². The van der Waals surface area contributed by atoms with Crippen LogP contribution in [0.3, 0.4) is 0 Å². The van der Waals surface area contributed by atoms with Crippen LogP contribution in [0.4, 0.5) is 0 Å². The van der Waals surface area contributed by atoms with E-state index in [-0.39, 0.29) is 0 Å². The summed E-state index contributed by atoms with van der Waals surface area (Å²) in [4.78, 5) is 3.78. The highest BCUT2D eigenvalue weighted by atomic mass is 16.5. The van der Waals surface area contributed by atoms with Gasteiger partial charge < -0.3 is 9.47 Å². The van der Waals surface area contributed by atoms with E-state index in [1.165, 1.54) is 0 Å². The molecule has 0 aliphatic heterocycles. The Kier molecular flexibility index (Phi) is 9.29. The topological polar surface area (TPSA) is 31.4 Å². The van der Waals surface area contributed by atoms with E-state index < -0.39 is 0 Å². The fourth-order valence-corrected chi connectivity index (χ4v) is 0.479. The number of aromatic nitrogens is 1. The Balaban J connectivity index is 0.000000202. The van der Waals surface area contributed by atoms with Crippen LogP contribution in [-0.4, -0.2) is 32.4 Å². The molecule has 0 saturated heterocycles. The van der Waals surface area contributed by atoms with Crippen molar-refractivity contribution in [3.63, 3.8) is 0 Å². The van der Waals surface area contributed by atoms with Gasteiger partial charge in [-0.25, -0.2) is 0 Å². The Labute approximate surface area is 73.3 Å². The Morgan fingerprint density at radius 2 is 1.42 bits per heavy atom. The zero-order valence-corrected chi connectivity index (χ0v) is 7.56. The number of hydrogen-bond acceptors (Lipinski definition) is 3. The molecule has 3 nitrogen and oxygen atoms in total. The largest absolute Gasteiger partial charge is 0.382 e. The summed E-state index contributed by atoms with van der Waals surface area (Å²) in [5.74, 6) is 0. The summed E-state index contributed by atoms with van der Waals surface area (Å²) in [6.45, 7) is 1.38. The molecule has 1 aromatic rings. The van der Waals surface area contributed by atoms with E-state index in [0.29, 0.717) is 13.2 Å². The third-order valence-corrected chi connectivity index (χ3v) is 1.06. The quantitative estimate of drug-likeness (QED) is 0.640. The van der Waals surface area contributed by atoms with Crippen LogP contribution in [0.2, 0.25) is 0 Å². The van der Waals surface area contributed by atoms with Crippen molar-refractivity contribution in [3.8, 4) is 0 Å². The number of pyridine rings is 1. The van der Waals surface area contributed by atoms with Crippen LogP contribution in [0.25, 0.3) is 0 Å². The zero-order chi connectivity index (χ0) is 9.07. The predicted molar refractivity (Wildman–Crippen MR) is 48.0 cm³/mol. The average molecular weight is 169 g/mol. The van der Waals surface area contributed by atoms with E-state index >= 15 is 0 Å².